The van der Waals surface area contributed by atoms with E-state index in [0.717, 1.165) is 16.9 Å². The van der Waals surface area contributed by atoms with E-state index in [0.29, 0.717) is 10.4 Å². The van der Waals surface area contributed by atoms with E-state index in [1.807, 2.05) is 13.8 Å². The van der Waals surface area contributed by atoms with Gasteiger partial charge in [-0.25, -0.2) is 9.37 Å². The Hall–Kier alpha value is -1.36. The van der Waals surface area contributed by atoms with Crippen molar-refractivity contribution in [2.45, 2.75) is 13.8 Å². The second-order valence-corrected chi connectivity index (χ2v) is 4.48. The number of imidazole rings is 1. The van der Waals surface area contributed by atoms with Gasteiger partial charge < -0.3 is 10.3 Å². The third kappa shape index (κ3) is 2.24. The molecule has 0 aliphatic heterocycles. The van der Waals surface area contributed by atoms with Gasteiger partial charge in [-0.3, -0.25) is 0 Å². The van der Waals surface area contributed by atoms with Crippen LogP contribution in [0.1, 0.15) is 11.3 Å². The summed E-state index contributed by atoms with van der Waals surface area (Å²) in [6.07, 6.45) is 1.73. The maximum atomic E-state index is 13.2. The van der Waals surface area contributed by atoms with Gasteiger partial charge in [0.05, 0.1) is 4.47 Å². The molecule has 0 saturated heterocycles. The van der Waals surface area contributed by atoms with Crippen LogP contribution >= 0.6 is 15.9 Å². The summed E-state index contributed by atoms with van der Waals surface area (Å²) in [6.45, 7) is 3.76. The fourth-order valence-corrected chi connectivity index (χ4v) is 1.73. The number of hydrogen-bond acceptors (Lipinski definition) is 2. The van der Waals surface area contributed by atoms with Crippen molar-refractivity contribution in [2.75, 3.05) is 5.32 Å². The summed E-state index contributed by atoms with van der Waals surface area (Å²) in [5, 5.41) is 3.10. The number of nitrogens with one attached hydrogen (secondary N) is 2. The van der Waals surface area contributed by atoms with Crippen LogP contribution in [0, 0.1) is 19.7 Å². The van der Waals surface area contributed by atoms with Crippen molar-refractivity contribution in [2.24, 2.45) is 0 Å². The number of aromatic nitrogens is 2. The minimum atomic E-state index is -0.265. The van der Waals surface area contributed by atoms with E-state index < -0.39 is 0 Å². The minimum Gasteiger partial charge on any atom is -0.328 e. The first-order chi connectivity index (χ1) is 7.56. The van der Waals surface area contributed by atoms with Gasteiger partial charge in [0.15, 0.2) is 0 Å². The van der Waals surface area contributed by atoms with Crippen LogP contribution in [-0.4, -0.2) is 9.97 Å². The molecule has 1 aromatic heterocycles. The molecule has 0 amide bonds. The van der Waals surface area contributed by atoms with Crippen LogP contribution in [0.15, 0.2) is 22.8 Å². The number of H-pyrrole nitrogens is 1. The second kappa shape index (κ2) is 4.25. The molecule has 5 heteroatoms. The summed E-state index contributed by atoms with van der Waals surface area (Å²) in [4.78, 5) is 7.18. The molecule has 0 saturated carbocycles. The zero-order valence-electron chi connectivity index (χ0n) is 8.94. The quantitative estimate of drug-likeness (QED) is 0.883. The smallest absolute Gasteiger partial charge is 0.204 e. The van der Waals surface area contributed by atoms with Crippen molar-refractivity contribution in [3.8, 4) is 0 Å². The Labute approximate surface area is 101 Å². The molecule has 1 aromatic carbocycles. The molecule has 1 heterocycles. The number of aryl methyl sites for hydroxylation is 2. The molecular formula is C11H11BrFN3. The number of anilines is 2. The largest absolute Gasteiger partial charge is 0.328 e. The van der Waals surface area contributed by atoms with Gasteiger partial charge in [-0.1, -0.05) is 0 Å². The number of benzene rings is 1. The van der Waals surface area contributed by atoms with Crippen molar-refractivity contribution < 1.29 is 4.39 Å². The first-order valence-corrected chi connectivity index (χ1v) is 5.60. The highest BCUT2D eigenvalue weighted by Gasteiger charge is 2.06. The summed E-state index contributed by atoms with van der Waals surface area (Å²) < 4.78 is 13.6. The molecular weight excluding hydrogens is 273 g/mol. The van der Waals surface area contributed by atoms with Crippen molar-refractivity contribution in [1.29, 1.82) is 0 Å². The molecule has 0 fully saturated rings. The third-order valence-electron chi connectivity index (χ3n) is 2.22. The van der Waals surface area contributed by atoms with Gasteiger partial charge >= 0.3 is 0 Å². The predicted octanol–water partition coefficient (Wildman–Crippen LogP) is 3.67. The van der Waals surface area contributed by atoms with Gasteiger partial charge in [0.1, 0.15) is 5.82 Å². The zero-order valence-corrected chi connectivity index (χ0v) is 10.5. The van der Waals surface area contributed by atoms with Crippen LogP contribution in [-0.2, 0) is 0 Å². The molecule has 0 radical (unpaired) electrons. The highest BCUT2D eigenvalue weighted by atomic mass is 79.9. The van der Waals surface area contributed by atoms with E-state index in [1.165, 1.54) is 6.07 Å². The zero-order chi connectivity index (χ0) is 11.7. The summed E-state index contributed by atoms with van der Waals surface area (Å²) in [5.74, 6) is 0.387. The van der Waals surface area contributed by atoms with Crippen molar-refractivity contribution in [3.05, 3.63) is 39.9 Å². The van der Waals surface area contributed by atoms with Crippen molar-refractivity contribution >= 4 is 27.6 Å². The Kier molecular flexibility index (Phi) is 2.96. The monoisotopic (exact) mass is 283 g/mol. The van der Waals surface area contributed by atoms with E-state index in [1.54, 1.807) is 12.3 Å². The van der Waals surface area contributed by atoms with Gasteiger partial charge in [0, 0.05) is 17.6 Å². The standard InChI is InChI=1S/C11H11BrFN3/c1-6-3-9(13)8(12)4-10(6)16-11-14-5-7(2)15-11/h3-5H,1-2H3,(H2,14,15,16). The van der Waals surface area contributed by atoms with Crippen molar-refractivity contribution in [1.82, 2.24) is 9.97 Å². The topological polar surface area (TPSA) is 40.7 Å². The normalized spacial score (nSPS) is 10.5. The fourth-order valence-electron chi connectivity index (χ4n) is 1.38. The highest BCUT2D eigenvalue weighted by molar-refractivity contribution is 9.10. The van der Waals surface area contributed by atoms with Crippen LogP contribution in [0.25, 0.3) is 0 Å². The number of aromatic amines is 1. The van der Waals surface area contributed by atoms with E-state index >= 15 is 0 Å². The summed E-state index contributed by atoms with van der Waals surface area (Å²) in [6, 6.07) is 3.17. The van der Waals surface area contributed by atoms with Gasteiger partial charge in [-0.05, 0) is 47.5 Å². The number of nitrogens with zero attached hydrogens (tertiary/aromatic N) is 1. The predicted molar refractivity (Wildman–Crippen MR) is 65.4 cm³/mol. The minimum absolute atomic E-state index is 0.265. The molecule has 0 aliphatic carbocycles. The molecule has 0 unspecified atom stereocenters. The van der Waals surface area contributed by atoms with Gasteiger partial charge in [-0.15, -0.1) is 0 Å². The first-order valence-electron chi connectivity index (χ1n) is 4.80. The SMILES string of the molecule is Cc1cnc(Nc2cc(Br)c(F)cc2C)[nH]1. The van der Waals surface area contributed by atoms with Gasteiger partial charge in [-0.2, -0.15) is 0 Å². The lowest BCUT2D eigenvalue weighted by Gasteiger charge is -2.08. The number of rotatable bonds is 2. The Morgan fingerprint density at radius 1 is 1.38 bits per heavy atom. The Bertz CT molecular complexity index is 522. The molecule has 0 bridgehead atoms. The number of halogens is 2. The lowest BCUT2D eigenvalue weighted by atomic mass is 10.2. The van der Waals surface area contributed by atoms with Crippen LogP contribution in [0.5, 0.6) is 0 Å². The molecule has 2 rings (SSSR count). The van der Waals surface area contributed by atoms with E-state index in [9.17, 15) is 4.39 Å². The van der Waals surface area contributed by atoms with E-state index in [4.69, 9.17) is 0 Å². The lowest BCUT2D eigenvalue weighted by Crippen LogP contribution is -1.96. The van der Waals surface area contributed by atoms with Crippen LogP contribution < -0.4 is 5.32 Å². The highest BCUT2D eigenvalue weighted by Crippen LogP contribution is 2.25. The Balaban J connectivity index is 2.31. The molecule has 3 nitrogen and oxygen atoms in total. The molecule has 0 atom stereocenters. The first kappa shape index (κ1) is 11.1. The molecule has 0 aliphatic rings. The molecule has 0 spiro atoms. The van der Waals surface area contributed by atoms with Crippen molar-refractivity contribution in [3.63, 3.8) is 0 Å². The molecule has 2 aromatic rings. The van der Waals surface area contributed by atoms with Gasteiger partial charge in [0.2, 0.25) is 5.95 Å². The average molecular weight is 284 g/mol. The van der Waals surface area contributed by atoms with Gasteiger partial charge in [0.25, 0.3) is 0 Å². The maximum absolute atomic E-state index is 13.2. The number of hydrogen-bond donors (Lipinski definition) is 2. The second-order valence-electron chi connectivity index (χ2n) is 3.62. The molecule has 16 heavy (non-hydrogen) atoms. The molecule has 84 valence electrons. The lowest BCUT2D eigenvalue weighted by molar-refractivity contribution is 0.620. The van der Waals surface area contributed by atoms with E-state index in [2.05, 4.69) is 31.2 Å². The van der Waals surface area contributed by atoms with Crippen LogP contribution in [0.4, 0.5) is 16.0 Å². The third-order valence-corrected chi connectivity index (χ3v) is 2.83. The summed E-state index contributed by atoms with van der Waals surface area (Å²) in [5.41, 5.74) is 2.62. The Morgan fingerprint density at radius 2 is 2.12 bits per heavy atom. The summed E-state index contributed by atoms with van der Waals surface area (Å²) >= 11 is 3.15. The fraction of sp³-hybridized carbons (Fsp3) is 0.182. The average Bonchev–Trinajstić information content (AvgIpc) is 2.60. The van der Waals surface area contributed by atoms with E-state index in [-0.39, 0.29) is 5.82 Å². The Morgan fingerprint density at radius 3 is 2.75 bits per heavy atom. The summed E-state index contributed by atoms with van der Waals surface area (Å²) in [7, 11) is 0. The van der Waals surface area contributed by atoms with Crippen LogP contribution in [0.2, 0.25) is 0 Å². The maximum Gasteiger partial charge on any atom is 0.204 e. The molecule has 2 N–H and O–H groups in total. The van der Waals surface area contributed by atoms with Crippen LogP contribution in [0.3, 0.4) is 0 Å².